The summed E-state index contributed by atoms with van der Waals surface area (Å²) in [5.41, 5.74) is 3.50. The van der Waals surface area contributed by atoms with Gasteiger partial charge in [-0.15, -0.1) is 0 Å². The first kappa shape index (κ1) is 24.4. The number of pyridine rings is 1. The molecule has 0 atom stereocenters. The molecule has 0 radical (unpaired) electrons. The molecule has 192 valence electrons. The molecule has 0 bridgehead atoms. The molecule has 0 aliphatic carbocycles. The molecule has 1 fully saturated rings. The van der Waals surface area contributed by atoms with Crippen LogP contribution in [0.15, 0.2) is 36.7 Å². The van der Waals surface area contributed by atoms with Crippen molar-refractivity contribution in [2.45, 2.75) is 38.8 Å². The summed E-state index contributed by atoms with van der Waals surface area (Å²) in [5.74, 6) is 1.34. The van der Waals surface area contributed by atoms with Gasteiger partial charge in [-0.05, 0) is 65.0 Å². The normalized spacial score (nSPS) is 16.4. The molecule has 3 aromatic rings. The van der Waals surface area contributed by atoms with Gasteiger partial charge in [-0.2, -0.15) is 0 Å². The molecule has 1 N–H and O–H groups in total. The summed E-state index contributed by atoms with van der Waals surface area (Å²) in [5, 5.41) is 3.31. The Bertz CT molecular complexity index is 1200. The van der Waals surface area contributed by atoms with E-state index in [-0.39, 0.29) is 11.9 Å². The Kier molecular flexibility index (Phi) is 6.75. The summed E-state index contributed by atoms with van der Waals surface area (Å²) in [6, 6.07) is 8.50. The Balaban J connectivity index is 1.32. The molecule has 0 unspecified atom stereocenters. The number of hydrogen-bond donors (Lipinski definition) is 1. The number of rotatable bonds is 6. The Labute approximate surface area is 212 Å². The van der Waals surface area contributed by atoms with Gasteiger partial charge in [0.1, 0.15) is 12.4 Å². The molecular weight excluding hydrogens is 457 g/mol. The second-order valence-corrected chi connectivity index (χ2v) is 10.2. The van der Waals surface area contributed by atoms with E-state index in [0.717, 1.165) is 60.9 Å². The number of aromatic nitrogens is 3. The zero-order valence-electron chi connectivity index (χ0n) is 21.8. The van der Waals surface area contributed by atoms with Gasteiger partial charge in [0.25, 0.3) is 0 Å². The first-order valence-corrected chi connectivity index (χ1v) is 12.7. The molecule has 0 spiro atoms. The molecule has 1 saturated heterocycles. The number of halogens is 1. The van der Waals surface area contributed by atoms with Gasteiger partial charge in [0.05, 0.1) is 36.0 Å². The summed E-state index contributed by atoms with van der Waals surface area (Å²) in [7, 11) is 6.23. The van der Waals surface area contributed by atoms with Gasteiger partial charge in [0, 0.05) is 37.8 Å². The highest BCUT2D eigenvalue weighted by molar-refractivity contribution is 5.73. The monoisotopic (exact) mass is 493 g/mol. The number of imidazole rings is 1. The maximum atomic E-state index is 15.0. The average Bonchev–Trinajstić information content (AvgIpc) is 3.24. The van der Waals surface area contributed by atoms with Gasteiger partial charge in [-0.3, -0.25) is 0 Å². The van der Waals surface area contributed by atoms with E-state index < -0.39 is 0 Å². The van der Waals surface area contributed by atoms with E-state index in [9.17, 15) is 4.39 Å². The number of hydrogen-bond acceptors (Lipinski definition) is 7. The number of benzene rings is 1. The van der Waals surface area contributed by atoms with Crippen molar-refractivity contribution < 1.29 is 9.13 Å². The second kappa shape index (κ2) is 9.97. The Morgan fingerprint density at radius 1 is 1.08 bits per heavy atom. The maximum absolute atomic E-state index is 15.0. The molecule has 0 saturated carbocycles. The van der Waals surface area contributed by atoms with Crippen LogP contribution in [0.4, 0.5) is 27.5 Å². The minimum atomic E-state index is -0.351. The number of ether oxygens (including phenoxy) is 1. The lowest BCUT2D eigenvalue weighted by Crippen LogP contribution is -2.42. The van der Waals surface area contributed by atoms with Crippen molar-refractivity contribution in [1.29, 1.82) is 0 Å². The van der Waals surface area contributed by atoms with Crippen LogP contribution >= 0.6 is 0 Å². The van der Waals surface area contributed by atoms with Crippen LogP contribution < -0.4 is 19.9 Å². The fourth-order valence-electron chi connectivity index (χ4n) is 5.18. The van der Waals surface area contributed by atoms with E-state index in [4.69, 9.17) is 4.74 Å². The number of nitrogens with zero attached hydrogens (tertiary/aromatic N) is 6. The minimum absolute atomic E-state index is 0.249. The molecular formula is C27H36FN7O. The highest BCUT2D eigenvalue weighted by Crippen LogP contribution is 2.39. The fourth-order valence-corrected chi connectivity index (χ4v) is 5.18. The van der Waals surface area contributed by atoms with Gasteiger partial charge in [0.15, 0.2) is 11.6 Å². The van der Waals surface area contributed by atoms with Crippen LogP contribution in [0.25, 0.3) is 11.3 Å². The predicted octanol–water partition coefficient (Wildman–Crippen LogP) is 4.50. The van der Waals surface area contributed by atoms with E-state index in [1.54, 1.807) is 6.20 Å². The van der Waals surface area contributed by atoms with Crippen molar-refractivity contribution in [3.63, 3.8) is 0 Å². The van der Waals surface area contributed by atoms with Crippen LogP contribution in [0, 0.1) is 5.82 Å². The van der Waals surface area contributed by atoms with Crippen LogP contribution in [-0.2, 0) is 7.05 Å². The van der Waals surface area contributed by atoms with Crippen LogP contribution in [0.2, 0.25) is 0 Å². The van der Waals surface area contributed by atoms with Gasteiger partial charge in [0.2, 0.25) is 5.95 Å². The topological polar surface area (TPSA) is 61.7 Å². The van der Waals surface area contributed by atoms with E-state index in [1.165, 1.54) is 6.07 Å². The van der Waals surface area contributed by atoms with Crippen LogP contribution in [0.3, 0.4) is 0 Å². The summed E-state index contributed by atoms with van der Waals surface area (Å²) >= 11 is 0. The largest absolute Gasteiger partial charge is 0.486 e. The molecule has 1 aromatic carbocycles. The van der Waals surface area contributed by atoms with Gasteiger partial charge in [-0.25, -0.2) is 14.4 Å². The number of anilines is 4. The molecule has 36 heavy (non-hydrogen) atoms. The van der Waals surface area contributed by atoms with Crippen molar-refractivity contribution in [1.82, 2.24) is 19.4 Å². The van der Waals surface area contributed by atoms with Crippen molar-refractivity contribution in [3.05, 3.63) is 42.5 Å². The first-order valence-electron chi connectivity index (χ1n) is 12.7. The van der Waals surface area contributed by atoms with E-state index >= 15 is 0 Å². The highest BCUT2D eigenvalue weighted by Gasteiger charge is 2.25. The van der Waals surface area contributed by atoms with Crippen molar-refractivity contribution in [2.75, 3.05) is 55.5 Å². The third-order valence-corrected chi connectivity index (χ3v) is 7.37. The van der Waals surface area contributed by atoms with Crippen molar-refractivity contribution >= 4 is 23.1 Å². The number of piperidine rings is 1. The van der Waals surface area contributed by atoms with Crippen LogP contribution in [0.5, 0.6) is 5.75 Å². The summed E-state index contributed by atoms with van der Waals surface area (Å²) in [4.78, 5) is 16.1. The zero-order valence-corrected chi connectivity index (χ0v) is 21.8. The summed E-state index contributed by atoms with van der Waals surface area (Å²) in [6.45, 7) is 7.52. The van der Waals surface area contributed by atoms with E-state index in [0.29, 0.717) is 24.3 Å². The summed E-state index contributed by atoms with van der Waals surface area (Å²) < 4.78 is 22.5. The molecule has 2 aromatic heterocycles. The van der Waals surface area contributed by atoms with Crippen LogP contribution in [0.1, 0.15) is 26.7 Å². The highest BCUT2D eigenvalue weighted by atomic mass is 19.1. The Morgan fingerprint density at radius 3 is 2.53 bits per heavy atom. The van der Waals surface area contributed by atoms with Crippen LogP contribution in [-0.4, -0.2) is 71.9 Å². The lowest BCUT2D eigenvalue weighted by atomic mass is 10.0. The predicted molar refractivity (Wildman–Crippen MR) is 143 cm³/mol. The maximum Gasteiger partial charge on any atom is 0.208 e. The Hall–Kier alpha value is -3.33. The lowest BCUT2D eigenvalue weighted by molar-refractivity contribution is 0.249. The molecule has 2 aliphatic rings. The van der Waals surface area contributed by atoms with Crippen molar-refractivity contribution in [3.8, 4) is 17.0 Å². The number of fused-ring (bicyclic) bond motifs is 1. The van der Waals surface area contributed by atoms with Gasteiger partial charge >= 0.3 is 0 Å². The molecule has 0 amide bonds. The lowest BCUT2D eigenvalue weighted by Gasteiger charge is -2.36. The molecule has 2 aliphatic heterocycles. The van der Waals surface area contributed by atoms with E-state index in [2.05, 4.69) is 64.0 Å². The van der Waals surface area contributed by atoms with E-state index in [1.807, 2.05) is 29.9 Å². The van der Waals surface area contributed by atoms with Gasteiger partial charge in [-0.1, -0.05) is 0 Å². The first-order chi connectivity index (χ1) is 17.3. The summed E-state index contributed by atoms with van der Waals surface area (Å²) in [6.07, 6.45) is 6.00. The standard InChI is InChI=1S/C27H36FN7O/c1-18(2)35-12-13-36-26-22(28)14-19(15-23(26)35)24-17-30-27(33(24)5)31-25-7-6-21(16-29-25)34-10-8-20(9-11-34)32(3)4/h6-7,14-18,20H,8-13H2,1-5H3,(H,29,30,31). The van der Waals surface area contributed by atoms with Crippen molar-refractivity contribution in [2.24, 2.45) is 7.05 Å². The minimum Gasteiger partial charge on any atom is -0.486 e. The fraction of sp³-hybridized carbons (Fsp3) is 0.481. The third kappa shape index (κ3) is 4.72. The molecule has 5 rings (SSSR count). The number of nitrogens with one attached hydrogen (secondary N) is 1. The molecule has 4 heterocycles. The average molecular weight is 494 g/mol. The Morgan fingerprint density at radius 2 is 1.86 bits per heavy atom. The quantitative estimate of drug-likeness (QED) is 0.542. The SMILES string of the molecule is CC(C)N1CCOc2c(F)cc(-c3cnc(Nc4ccc(N5CCC(N(C)C)CC5)cn4)n3C)cc21. The molecule has 9 heteroatoms. The smallest absolute Gasteiger partial charge is 0.208 e. The second-order valence-electron chi connectivity index (χ2n) is 10.2. The third-order valence-electron chi connectivity index (χ3n) is 7.37. The molecule has 8 nitrogen and oxygen atoms in total. The zero-order chi connectivity index (χ0) is 25.4. The van der Waals surface area contributed by atoms with Gasteiger partial charge < -0.3 is 29.3 Å².